The number of aliphatic hydroxyl groups is 1. The lowest BCUT2D eigenvalue weighted by Crippen LogP contribution is -2.47. The maximum absolute atomic E-state index is 11.8. The minimum absolute atomic E-state index is 0.0648. The van der Waals surface area contributed by atoms with E-state index in [1.165, 1.54) is 0 Å². The Morgan fingerprint density at radius 1 is 1.38 bits per heavy atom. The van der Waals surface area contributed by atoms with Crippen LogP contribution in [-0.4, -0.2) is 30.4 Å². The second kappa shape index (κ2) is 7.31. The molecule has 1 atom stereocenters. The van der Waals surface area contributed by atoms with Crippen molar-refractivity contribution in [3.05, 3.63) is 29.3 Å². The molecular formula is C16H26N2O3. The molecule has 3 N–H and O–H groups in total. The molecule has 0 aliphatic heterocycles. The number of urea groups is 1. The molecule has 2 amide bonds. The van der Waals surface area contributed by atoms with Crippen molar-refractivity contribution in [3.63, 3.8) is 0 Å². The predicted octanol–water partition coefficient (Wildman–Crippen LogP) is 2.21. The molecule has 118 valence electrons. The van der Waals surface area contributed by atoms with E-state index in [1.807, 2.05) is 39.0 Å². The Labute approximate surface area is 126 Å². The van der Waals surface area contributed by atoms with Crippen LogP contribution in [-0.2, 0) is 6.54 Å². The lowest BCUT2D eigenvalue weighted by atomic mass is 9.93. The molecule has 0 radical (unpaired) electrons. The van der Waals surface area contributed by atoms with E-state index >= 15 is 0 Å². The molecule has 0 aromatic heterocycles. The Hall–Kier alpha value is -1.75. The summed E-state index contributed by atoms with van der Waals surface area (Å²) in [6, 6.07) is 5.52. The zero-order chi connectivity index (χ0) is 16.0. The Morgan fingerprint density at radius 3 is 2.62 bits per heavy atom. The van der Waals surface area contributed by atoms with Crippen LogP contribution < -0.4 is 15.4 Å². The second-order valence-electron chi connectivity index (χ2n) is 5.86. The van der Waals surface area contributed by atoms with E-state index in [1.54, 1.807) is 14.0 Å². The van der Waals surface area contributed by atoms with Gasteiger partial charge in [0.25, 0.3) is 0 Å². The SMILES string of the molecule is COc1cc(C)ccc1CNC(=O)NCC(C)(O)C(C)C. The van der Waals surface area contributed by atoms with E-state index in [0.717, 1.165) is 16.9 Å². The van der Waals surface area contributed by atoms with Gasteiger partial charge in [-0.2, -0.15) is 0 Å². The number of carbonyl (C=O) groups excluding carboxylic acids is 1. The Morgan fingerprint density at radius 2 is 2.05 bits per heavy atom. The summed E-state index contributed by atoms with van der Waals surface area (Å²) in [5.41, 5.74) is 1.10. The first-order chi connectivity index (χ1) is 9.76. The molecule has 1 aromatic carbocycles. The van der Waals surface area contributed by atoms with E-state index in [0.29, 0.717) is 6.54 Å². The summed E-state index contributed by atoms with van der Waals surface area (Å²) >= 11 is 0. The number of hydrogen-bond donors (Lipinski definition) is 3. The fraction of sp³-hybridized carbons (Fsp3) is 0.562. The molecule has 0 aliphatic rings. The van der Waals surface area contributed by atoms with E-state index < -0.39 is 5.60 Å². The van der Waals surface area contributed by atoms with Crippen molar-refractivity contribution in [3.8, 4) is 5.75 Å². The number of rotatable bonds is 6. The van der Waals surface area contributed by atoms with Crippen LogP contribution >= 0.6 is 0 Å². The van der Waals surface area contributed by atoms with Crippen LogP contribution in [0.5, 0.6) is 5.75 Å². The molecule has 1 rings (SSSR count). The quantitative estimate of drug-likeness (QED) is 0.753. The fourth-order valence-electron chi connectivity index (χ4n) is 1.70. The van der Waals surface area contributed by atoms with Gasteiger partial charge in [-0.15, -0.1) is 0 Å². The van der Waals surface area contributed by atoms with Crippen LogP contribution in [0.3, 0.4) is 0 Å². The van der Waals surface area contributed by atoms with Crippen molar-refractivity contribution in [2.24, 2.45) is 5.92 Å². The van der Waals surface area contributed by atoms with Crippen molar-refractivity contribution in [2.75, 3.05) is 13.7 Å². The van der Waals surface area contributed by atoms with Gasteiger partial charge >= 0.3 is 6.03 Å². The lowest BCUT2D eigenvalue weighted by molar-refractivity contribution is 0.0166. The van der Waals surface area contributed by atoms with E-state index in [9.17, 15) is 9.90 Å². The number of ether oxygens (including phenoxy) is 1. The van der Waals surface area contributed by atoms with E-state index in [2.05, 4.69) is 10.6 Å². The van der Waals surface area contributed by atoms with Crippen LogP contribution in [0.4, 0.5) is 4.79 Å². The smallest absolute Gasteiger partial charge is 0.315 e. The third kappa shape index (κ3) is 5.27. The highest BCUT2D eigenvalue weighted by Crippen LogP contribution is 2.19. The van der Waals surface area contributed by atoms with E-state index in [-0.39, 0.29) is 18.5 Å². The summed E-state index contributed by atoms with van der Waals surface area (Å²) in [6.45, 7) is 8.11. The maximum Gasteiger partial charge on any atom is 0.315 e. The number of benzene rings is 1. The normalized spacial score (nSPS) is 13.7. The van der Waals surface area contributed by atoms with Crippen LogP contribution in [0.15, 0.2) is 18.2 Å². The number of methoxy groups -OCH3 is 1. The van der Waals surface area contributed by atoms with Crippen LogP contribution in [0, 0.1) is 12.8 Å². The van der Waals surface area contributed by atoms with E-state index in [4.69, 9.17) is 4.74 Å². The van der Waals surface area contributed by atoms with Gasteiger partial charge in [0.1, 0.15) is 5.75 Å². The molecule has 0 aliphatic carbocycles. The topological polar surface area (TPSA) is 70.6 Å². The largest absolute Gasteiger partial charge is 0.496 e. The van der Waals surface area contributed by atoms with Gasteiger partial charge in [-0.1, -0.05) is 26.0 Å². The highest BCUT2D eigenvalue weighted by atomic mass is 16.5. The minimum Gasteiger partial charge on any atom is -0.496 e. The molecule has 5 nitrogen and oxygen atoms in total. The lowest BCUT2D eigenvalue weighted by Gasteiger charge is -2.27. The highest BCUT2D eigenvalue weighted by molar-refractivity contribution is 5.74. The molecule has 0 heterocycles. The Balaban J connectivity index is 2.50. The predicted molar refractivity (Wildman–Crippen MR) is 83.4 cm³/mol. The molecule has 0 spiro atoms. The van der Waals surface area contributed by atoms with Crippen molar-refractivity contribution in [1.29, 1.82) is 0 Å². The molecule has 1 aromatic rings. The third-order valence-electron chi connectivity index (χ3n) is 3.73. The zero-order valence-electron chi connectivity index (χ0n) is 13.5. The van der Waals surface area contributed by atoms with Gasteiger partial charge in [0.15, 0.2) is 0 Å². The zero-order valence-corrected chi connectivity index (χ0v) is 13.5. The number of hydrogen-bond acceptors (Lipinski definition) is 3. The first kappa shape index (κ1) is 17.3. The molecular weight excluding hydrogens is 268 g/mol. The second-order valence-corrected chi connectivity index (χ2v) is 5.86. The molecule has 0 saturated carbocycles. The van der Waals surface area contributed by atoms with Gasteiger partial charge in [0.05, 0.1) is 12.7 Å². The van der Waals surface area contributed by atoms with Crippen molar-refractivity contribution >= 4 is 6.03 Å². The number of amides is 2. The molecule has 21 heavy (non-hydrogen) atoms. The highest BCUT2D eigenvalue weighted by Gasteiger charge is 2.25. The Kier molecular flexibility index (Phi) is 6.03. The first-order valence-electron chi connectivity index (χ1n) is 7.14. The number of nitrogens with one attached hydrogen (secondary N) is 2. The first-order valence-corrected chi connectivity index (χ1v) is 7.14. The average molecular weight is 294 g/mol. The number of aryl methyl sites for hydroxylation is 1. The van der Waals surface area contributed by atoms with Crippen LogP contribution in [0.1, 0.15) is 31.9 Å². The average Bonchev–Trinajstić information content (AvgIpc) is 2.43. The summed E-state index contributed by atoms with van der Waals surface area (Å²) in [5.74, 6) is 0.819. The van der Waals surface area contributed by atoms with Crippen molar-refractivity contribution in [1.82, 2.24) is 10.6 Å². The Bertz CT molecular complexity index is 484. The third-order valence-corrected chi connectivity index (χ3v) is 3.73. The minimum atomic E-state index is -0.918. The molecule has 0 saturated heterocycles. The number of carbonyl (C=O) groups is 1. The van der Waals surface area contributed by atoms with Gasteiger partial charge in [-0.05, 0) is 31.4 Å². The molecule has 0 bridgehead atoms. The maximum atomic E-state index is 11.8. The van der Waals surface area contributed by atoms with Gasteiger partial charge in [-0.3, -0.25) is 0 Å². The summed E-state index contributed by atoms with van der Waals surface area (Å²) in [6.07, 6.45) is 0. The van der Waals surface area contributed by atoms with Gasteiger partial charge < -0.3 is 20.5 Å². The summed E-state index contributed by atoms with van der Waals surface area (Å²) in [7, 11) is 1.61. The van der Waals surface area contributed by atoms with Crippen LogP contribution in [0.25, 0.3) is 0 Å². The monoisotopic (exact) mass is 294 g/mol. The summed E-state index contributed by atoms with van der Waals surface area (Å²) < 4.78 is 5.29. The summed E-state index contributed by atoms with van der Waals surface area (Å²) in [5, 5.41) is 15.5. The van der Waals surface area contributed by atoms with Crippen molar-refractivity contribution < 1.29 is 14.6 Å². The molecule has 5 heteroatoms. The van der Waals surface area contributed by atoms with Crippen LogP contribution in [0.2, 0.25) is 0 Å². The van der Waals surface area contributed by atoms with Gasteiger partial charge in [0, 0.05) is 18.7 Å². The van der Waals surface area contributed by atoms with Crippen molar-refractivity contribution in [2.45, 2.75) is 39.8 Å². The summed E-state index contributed by atoms with van der Waals surface area (Å²) in [4.78, 5) is 11.8. The fourth-order valence-corrected chi connectivity index (χ4v) is 1.70. The molecule has 1 unspecified atom stereocenters. The standard InChI is InChI=1S/C16H26N2O3/c1-11(2)16(4,20)10-18-15(19)17-9-13-7-6-12(3)8-14(13)21-5/h6-8,11,20H,9-10H2,1-5H3,(H2,17,18,19). The van der Waals surface area contributed by atoms with Gasteiger partial charge in [0.2, 0.25) is 0 Å². The molecule has 0 fully saturated rings. The van der Waals surface area contributed by atoms with Gasteiger partial charge in [-0.25, -0.2) is 4.79 Å².